The molecule has 1 aliphatic rings. The van der Waals surface area contributed by atoms with Crippen LogP contribution in [0.5, 0.6) is 0 Å². The Bertz CT molecular complexity index is 857. The predicted molar refractivity (Wildman–Crippen MR) is 95.4 cm³/mol. The van der Waals surface area contributed by atoms with Crippen molar-refractivity contribution in [1.29, 1.82) is 0 Å². The minimum Gasteiger partial charge on any atom is -0.370 e. The van der Waals surface area contributed by atoms with E-state index < -0.39 is 0 Å². The lowest BCUT2D eigenvalue weighted by Crippen LogP contribution is -2.40. The van der Waals surface area contributed by atoms with Crippen LogP contribution in [0.15, 0.2) is 39.9 Å². The average Bonchev–Trinajstić information content (AvgIpc) is 2.84. The molecule has 25 heavy (non-hydrogen) atoms. The van der Waals surface area contributed by atoms with E-state index in [4.69, 9.17) is 0 Å². The van der Waals surface area contributed by atoms with Crippen molar-refractivity contribution < 1.29 is 4.39 Å². The Morgan fingerprint density at radius 3 is 2.40 bits per heavy atom. The van der Waals surface area contributed by atoms with Gasteiger partial charge in [-0.2, -0.15) is 0 Å². The predicted octanol–water partition coefficient (Wildman–Crippen LogP) is 0.935. The third kappa shape index (κ3) is 3.82. The van der Waals surface area contributed by atoms with Gasteiger partial charge in [0.1, 0.15) is 5.82 Å². The average molecular weight is 346 g/mol. The highest BCUT2D eigenvalue weighted by Crippen LogP contribution is 2.17. The van der Waals surface area contributed by atoms with Gasteiger partial charge in [0.25, 0.3) is 5.56 Å². The topological polar surface area (TPSA) is 50.5 Å². The van der Waals surface area contributed by atoms with Gasteiger partial charge in [0.15, 0.2) is 0 Å². The smallest absolute Gasteiger partial charge is 0.330 e. The highest BCUT2D eigenvalue weighted by atomic mass is 19.1. The van der Waals surface area contributed by atoms with Gasteiger partial charge in [-0.15, -0.1) is 0 Å². The van der Waals surface area contributed by atoms with Crippen molar-refractivity contribution in [3.05, 3.63) is 62.7 Å². The van der Waals surface area contributed by atoms with Crippen molar-refractivity contribution in [3.8, 4) is 0 Å². The van der Waals surface area contributed by atoms with Gasteiger partial charge in [-0.3, -0.25) is 18.8 Å². The summed E-state index contributed by atoms with van der Waals surface area (Å²) in [5.74, 6) is -0.230. The zero-order valence-electron chi connectivity index (χ0n) is 14.6. The number of hydrogen-bond acceptors (Lipinski definition) is 4. The third-order valence-corrected chi connectivity index (χ3v) is 4.79. The second-order valence-electron chi connectivity index (χ2n) is 6.47. The summed E-state index contributed by atoms with van der Waals surface area (Å²) in [6.45, 7) is 4.00. The van der Waals surface area contributed by atoms with Gasteiger partial charge in [0, 0.05) is 64.3 Å². The zero-order valence-corrected chi connectivity index (χ0v) is 14.6. The zero-order chi connectivity index (χ0) is 18.0. The number of halogens is 1. The van der Waals surface area contributed by atoms with E-state index in [0.29, 0.717) is 6.54 Å². The minimum atomic E-state index is -0.301. The van der Waals surface area contributed by atoms with E-state index in [0.717, 1.165) is 48.5 Å². The van der Waals surface area contributed by atoms with E-state index in [1.54, 1.807) is 19.2 Å². The van der Waals surface area contributed by atoms with Gasteiger partial charge in [0.2, 0.25) is 0 Å². The second kappa shape index (κ2) is 7.23. The van der Waals surface area contributed by atoms with Crippen LogP contribution in [-0.4, -0.2) is 40.2 Å². The standard InChI is InChI=1S/C18H23FN4O2/c1-20-16(12-17(24)21(2)18(20)25)13-22-8-3-9-23(11-10-22)15-6-4-14(19)5-7-15/h4-7,12H,3,8-11,13H2,1-2H3. The number of hydrogen-bond donors (Lipinski definition) is 0. The summed E-state index contributed by atoms with van der Waals surface area (Å²) in [4.78, 5) is 28.4. The summed E-state index contributed by atoms with van der Waals surface area (Å²) in [6.07, 6.45) is 0.968. The normalized spacial score (nSPS) is 16.0. The molecule has 3 rings (SSSR count). The Hall–Kier alpha value is -2.41. The van der Waals surface area contributed by atoms with Crippen LogP contribution >= 0.6 is 0 Å². The van der Waals surface area contributed by atoms with E-state index in [1.807, 2.05) is 0 Å². The molecule has 0 unspecified atom stereocenters. The first-order valence-electron chi connectivity index (χ1n) is 8.44. The van der Waals surface area contributed by atoms with E-state index in [9.17, 15) is 14.0 Å². The summed E-state index contributed by atoms with van der Waals surface area (Å²) in [5.41, 5.74) is 1.17. The van der Waals surface area contributed by atoms with Gasteiger partial charge < -0.3 is 4.90 Å². The van der Waals surface area contributed by atoms with Crippen molar-refractivity contribution in [2.45, 2.75) is 13.0 Å². The first kappa shape index (κ1) is 17.4. The molecular formula is C18H23FN4O2. The highest BCUT2D eigenvalue weighted by Gasteiger charge is 2.17. The lowest BCUT2D eigenvalue weighted by Gasteiger charge is -2.24. The second-order valence-corrected chi connectivity index (χ2v) is 6.47. The highest BCUT2D eigenvalue weighted by molar-refractivity contribution is 5.46. The number of nitrogens with zero attached hydrogens (tertiary/aromatic N) is 4. The molecule has 6 nitrogen and oxygen atoms in total. The molecule has 0 atom stereocenters. The SMILES string of the molecule is Cn1c(CN2CCCN(c3ccc(F)cc3)CC2)cc(=O)n(C)c1=O. The molecule has 1 saturated heterocycles. The van der Waals surface area contributed by atoms with E-state index in [-0.39, 0.29) is 17.1 Å². The van der Waals surface area contributed by atoms with Crippen molar-refractivity contribution in [1.82, 2.24) is 14.0 Å². The maximum absolute atomic E-state index is 13.1. The Balaban J connectivity index is 1.71. The van der Waals surface area contributed by atoms with Gasteiger partial charge in [-0.25, -0.2) is 9.18 Å². The lowest BCUT2D eigenvalue weighted by molar-refractivity contribution is 0.277. The van der Waals surface area contributed by atoms with E-state index in [1.165, 1.54) is 29.8 Å². The molecule has 0 saturated carbocycles. The van der Waals surface area contributed by atoms with Gasteiger partial charge in [0.05, 0.1) is 0 Å². The molecule has 1 aromatic carbocycles. The fourth-order valence-corrected chi connectivity index (χ4v) is 3.20. The summed E-state index contributed by atoms with van der Waals surface area (Å²) in [5, 5.41) is 0. The Labute approximate surface area is 145 Å². The fourth-order valence-electron chi connectivity index (χ4n) is 3.20. The Morgan fingerprint density at radius 1 is 0.960 bits per heavy atom. The van der Waals surface area contributed by atoms with Crippen LogP contribution in [0.3, 0.4) is 0 Å². The molecule has 0 amide bonds. The van der Waals surface area contributed by atoms with Gasteiger partial charge in [-0.1, -0.05) is 0 Å². The van der Waals surface area contributed by atoms with Crippen LogP contribution in [0.4, 0.5) is 10.1 Å². The number of rotatable bonds is 3. The Morgan fingerprint density at radius 2 is 1.68 bits per heavy atom. The summed E-state index contributed by atoms with van der Waals surface area (Å²) in [7, 11) is 3.18. The molecule has 0 aliphatic carbocycles. The van der Waals surface area contributed by atoms with Gasteiger partial charge in [-0.05, 0) is 30.7 Å². The van der Waals surface area contributed by atoms with Crippen LogP contribution in [0.2, 0.25) is 0 Å². The van der Waals surface area contributed by atoms with Crippen molar-refractivity contribution in [2.24, 2.45) is 14.1 Å². The van der Waals surface area contributed by atoms with Gasteiger partial charge >= 0.3 is 5.69 Å². The van der Waals surface area contributed by atoms with E-state index in [2.05, 4.69) is 9.80 Å². The molecule has 1 aromatic heterocycles. The van der Waals surface area contributed by atoms with Crippen LogP contribution < -0.4 is 16.1 Å². The monoisotopic (exact) mass is 346 g/mol. The largest absolute Gasteiger partial charge is 0.370 e. The summed E-state index contributed by atoms with van der Waals surface area (Å²) >= 11 is 0. The van der Waals surface area contributed by atoms with Crippen LogP contribution in [0, 0.1) is 5.82 Å². The van der Waals surface area contributed by atoms with Crippen LogP contribution in [-0.2, 0) is 20.6 Å². The number of benzene rings is 1. The fraction of sp³-hybridized carbons (Fsp3) is 0.444. The molecule has 2 aromatic rings. The summed E-state index contributed by atoms with van der Waals surface area (Å²) < 4.78 is 15.7. The number of aromatic nitrogens is 2. The molecule has 1 aliphatic heterocycles. The first-order valence-corrected chi connectivity index (χ1v) is 8.44. The van der Waals surface area contributed by atoms with Crippen molar-refractivity contribution >= 4 is 5.69 Å². The molecule has 0 spiro atoms. The van der Waals surface area contributed by atoms with Crippen molar-refractivity contribution in [3.63, 3.8) is 0 Å². The molecule has 7 heteroatoms. The van der Waals surface area contributed by atoms with Crippen LogP contribution in [0.1, 0.15) is 12.1 Å². The maximum Gasteiger partial charge on any atom is 0.330 e. The summed E-state index contributed by atoms with van der Waals surface area (Å²) in [6, 6.07) is 8.09. The minimum absolute atomic E-state index is 0.230. The number of anilines is 1. The maximum atomic E-state index is 13.1. The van der Waals surface area contributed by atoms with E-state index >= 15 is 0 Å². The molecule has 0 bridgehead atoms. The quantitative estimate of drug-likeness (QED) is 0.830. The molecule has 0 N–H and O–H groups in total. The third-order valence-electron chi connectivity index (χ3n) is 4.79. The molecule has 134 valence electrons. The molecule has 2 heterocycles. The van der Waals surface area contributed by atoms with Crippen molar-refractivity contribution in [2.75, 3.05) is 31.1 Å². The molecular weight excluding hydrogens is 323 g/mol. The van der Waals surface area contributed by atoms with Crippen LogP contribution in [0.25, 0.3) is 0 Å². The molecule has 0 radical (unpaired) electrons. The lowest BCUT2D eigenvalue weighted by atomic mass is 10.2. The molecule has 1 fully saturated rings. The Kier molecular flexibility index (Phi) is 5.03. The first-order chi connectivity index (χ1) is 12.0.